The summed E-state index contributed by atoms with van der Waals surface area (Å²) in [7, 11) is 1.35. The summed E-state index contributed by atoms with van der Waals surface area (Å²) in [6.07, 6.45) is -4.84. The lowest BCUT2D eigenvalue weighted by molar-refractivity contribution is -0.143. The van der Waals surface area contributed by atoms with Gasteiger partial charge >= 0.3 is 6.18 Å². The molecule has 1 N–H and O–H groups in total. The zero-order valence-corrected chi connectivity index (χ0v) is 9.94. The van der Waals surface area contributed by atoms with E-state index in [-0.39, 0.29) is 6.54 Å². The predicted molar refractivity (Wildman–Crippen MR) is 56.2 cm³/mol. The molecule has 0 aromatic rings. The van der Waals surface area contributed by atoms with Crippen molar-refractivity contribution in [2.24, 2.45) is 0 Å². The quantitative estimate of drug-likeness (QED) is 0.766. The van der Waals surface area contributed by atoms with Gasteiger partial charge in [-0.25, -0.2) is 4.39 Å². The second-order valence-electron chi connectivity index (χ2n) is 3.68. The molecule has 1 fully saturated rings. The standard InChI is InChI=1S/C8H14F4N2.C2H6/c1-14(5-8(10,11)12)4-7-6(9)2-3-13-7;1-2/h6-7,13H,2-5H2,1H3;1-2H3. The molecule has 2 atom stereocenters. The minimum atomic E-state index is -4.21. The summed E-state index contributed by atoms with van der Waals surface area (Å²) in [6, 6.07) is -0.456. The maximum atomic E-state index is 13.0. The third kappa shape index (κ3) is 6.27. The van der Waals surface area contributed by atoms with E-state index in [0.29, 0.717) is 13.0 Å². The number of nitrogens with zero attached hydrogens (tertiary/aromatic N) is 1. The third-order valence-electron chi connectivity index (χ3n) is 2.22. The van der Waals surface area contributed by atoms with Crippen LogP contribution in [0.2, 0.25) is 0 Å². The van der Waals surface area contributed by atoms with Crippen LogP contribution in [0.15, 0.2) is 0 Å². The Morgan fingerprint density at radius 3 is 2.25 bits per heavy atom. The van der Waals surface area contributed by atoms with E-state index < -0.39 is 24.9 Å². The van der Waals surface area contributed by atoms with Gasteiger partial charge in [-0.05, 0) is 20.0 Å². The van der Waals surface area contributed by atoms with E-state index in [1.54, 1.807) is 0 Å². The molecule has 0 aliphatic carbocycles. The fraction of sp³-hybridized carbons (Fsp3) is 1.00. The third-order valence-corrected chi connectivity index (χ3v) is 2.22. The summed E-state index contributed by atoms with van der Waals surface area (Å²) in [5.74, 6) is 0. The van der Waals surface area contributed by atoms with Crippen LogP contribution in [-0.2, 0) is 0 Å². The van der Waals surface area contributed by atoms with Crippen molar-refractivity contribution in [2.45, 2.75) is 38.7 Å². The maximum Gasteiger partial charge on any atom is 0.401 e. The van der Waals surface area contributed by atoms with Crippen LogP contribution in [0.25, 0.3) is 0 Å². The van der Waals surface area contributed by atoms with Crippen molar-refractivity contribution in [3.05, 3.63) is 0 Å². The second kappa shape index (κ2) is 7.06. The SMILES string of the molecule is CC.CN(CC1NCCC1F)CC(F)(F)F. The Morgan fingerprint density at radius 2 is 1.88 bits per heavy atom. The minimum absolute atomic E-state index is 0.0979. The fourth-order valence-electron chi connectivity index (χ4n) is 1.62. The van der Waals surface area contributed by atoms with Crippen molar-refractivity contribution >= 4 is 0 Å². The smallest absolute Gasteiger partial charge is 0.310 e. The molecule has 1 rings (SSSR count). The van der Waals surface area contributed by atoms with Crippen molar-refractivity contribution < 1.29 is 17.6 Å². The topological polar surface area (TPSA) is 15.3 Å². The van der Waals surface area contributed by atoms with Gasteiger partial charge < -0.3 is 5.32 Å². The highest BCUT2D eigenvalue weighted by Gasteiger charge is 2.32. The number of halogens is 4. The van der Waals surface area contributed by atoms with Crippen LogP contribution in [0.1, 0.15) is 20.3 Å². The molecular weight excluding hydrogens is 224 g/mol. The number of alkyl halides is 4. The molecule has 2 nitrogen and oxygen atoms in total. The molecule has 0 aromatic heterocycles. The number of nitrogens with one attached hydrogen (secondary N) is 1. The number of hydrogen-bond acceptors (Lipinski definition) is 2. The lowest BCUT2D eigenvalue weighted by atomic mass is 10.2. The maximum absolute atomic E-state index is 13.0. The summed E-state index contributed by atoms with van der Waals surface area (Å²) >= 11 is 0. The van der Waals surface area contributed by atoms with E-state index in [4.69, 9.17) is 0 Å². The van der Waals surface area contributed by atoms with Gasteiger partial charge in [-0.1, -0.05) is 13.8 Å². The Hall–Kier alpha value is -0.360. The monoisotopic (exact) mass is 244 g/mol. The van der Waals surface area contributed by atoms with E-state index in [9.17, 15) is 17.6 Å². The van der Waals surface area contributed by atoms with E-state index in [1.807, 2.05) is 13.8 Å². The van der Waals surface area contributed by atoms with E-state index in [0.717, 1.165) is 4.90 Å². The van der Waals surface area contributed by atoms with Crippen molar-refractivity contribution in [2.75, 3.05) is 26.7 Å². The largest absolute Gasteiger partial charge is 0.401 e. The zero-order valence-electron chi connectivity index (χ0n) is 9.94. The molecule has 1 heterocycles. The summed E-state index contributed by atoms with van der Waals surface area (Å²) in [6.45, 7) is 3.66. The minimum Gasteiger partial charge on any atom is -0.310 e. The van der Waals surface area contributed by atoms with E-state index in [1.165, 1.54) is 7.05 Å². The Bertz CT molecular complexity index is 184. The Morgan fingerprint density at radius 1 is 1.31 bits per heavy atom. The van der Waals surface area contributed by atoms with Crippen molar-refractivity contribution in [3.8, 4) is 0 Å². The van der Waals surface area contributed by atoms with Crippen LogP contribution < -0.4 is 5.32 Å². The molecular formula is C10H20F4N2. The van der Waals surface area contributed by atoms with Crippen LogP contribution in [0.4, 0.5) is 17.6 Å². The normalized spacial score (nSPS) is 25.5. The average molecular weight is 244 g/mol. The highest BCUT2D eigenvalue weighted by Crippen LogP contribution is 2.17. The molecule has 0 radical (unpaired) electrons. The average Bonchev–Trinajstić information content (AvgIpc) is 2.52. The molecule has 6 heteroatoms. The Kier molecular flexibility index (Phi) is 6.90. The van der Waals surface area contributed by atoms with Crippen LogP contribution in [0, 0.1) is 0 Å². The van der Waals surface area contributed by atoms with Gasteiger partial charge in [-0.3, -0.25) is 4.90 Å². The molecule has 16 heavy (non-hydrogen) atoms. The van der Waals surface area contributed by atoms with Crippen LogP contribution in [0.5, 0.6) is 0 Å². The summed E-state index contributed by atoms with van der Waals surface area (Å²) in [5.41, 5.74) is 0. The van der Waals surface area contributed by atoms with Crippen LogP contribution in [0.3, 0.4) is 0 Å². The first-order valence-corrected chi connectivity index (χ1v) is 5.51. The predicted octanol–water partition coefficient (Wildman–Crippen LogP) is 2.21. The van der Waals surface area contributed by atoms with Gasteiger partial charge in [-0.15, -0.1) is 0 Å². The van der Waals surface area contributed by atoms with E-state index >= 15 is 0 Å². The lowest BCUT2D eigenvalue weighted by Gasteiger charge is -2.23. The van der Waals surface area contributed by atoms with Gasteiger partial charge in [0.25, 0.3) is 0 Å². The van der Waals surface area contributed by atoms with Gasteiger partial charge in [-0.2, -0.15) is 13.2 Å². The van der Waals surface area contributed by atoms with Gasteiger partial charge in [0.2, 0.25) is 0 Å². The van der Waals surface area contributed by atoms with Gasteiger partial charge in [0.15, 0.2) is 0 Å². The van der Waals surface area contributed by atoms with E-state index in [2.05, 4.69) is 5.32 Å². The van der Waals surface area contributed by atoms with Gasteiger partial charge in [0.05, 0.1) is 12.6 Å². The molecule has 98 valence electrons. The van der Waals surface area contributed by atoms with Gasteiger partial charge in [0, 0.05) is 6.54 Å². The fourth-order valence-corrected chi connectivity index (χ4v) is 1.62. The number of hydrogen-bond donors (Lipinski definition) is 1. The molecule has 2 unspecified atom stereocenters. The van der Waals surface area contributed by atoms with Crippen molar-refractivity contribution in [1.29, 1.82) is 0 Å². The molecule has 0 saturated carbocycles. The second-order valence-corrected chi connectivity index (χ2v) is 3.68. The Balaban J connectivity index is 0.00000106. The zero-order chi connectivity index (χ0) is 12.8. The number of rotatable bonds is 3. The summed E-state index contributed by atoms with van der Waals surface area (Å²) in [4.78, 5) is 1.09. The molecule has 1 saturated heterocycles. The molecule has 0 spiro atoms. The highest BCUT2D eigenvalue weighted by atomic mass is 19.4. The first kappa shape index (κ1) is 15.6. The lowest BCUT2D eigenvalue weighted by Crippen LogP contribution is -2.43. The number of likely N-dealkylation sites (N-methyl/N-ethyl adjacent to an activating group) is 1. The summed E-state index contributed by atoms with van der Waals surface area (Å²) in [5, 5.41) is 2.84. The van der Waals surface area contributed by atoms with Crippen molar-refractivity contribution in [1.82, 2.24) is 10.2 Å². The molecule has 0 bridgehead atoms. The molecule has 1 aliphatic heterocycles. The van der Waals surface area contributed by atoms with Crippen LogP contribution >= 0.6 is 0 Å². The van der Waals surface area contributed by atoms with Gasteiger partial charge in [0.1, 0.15) is 6.17 Å². The first-order chi connectivity index (χ1) is 7.38. The molecule has 0 amide bonds. The Labute approximate surface area is 94.0 Å². The first-order valence-electron chi connectivity index (χ1n) is 5.51. The summed E-state index contributed by atoms with van der Waals surface area (Å²) < 4.78 is 48.8. The molecule has 1 aliphatic rings. The van der Waals surface area contributed by atoms with Crippen molar-refractivity contribution in [3.63, 3.8) is 0 Å². The van der Waals surface area contributed by atoms with Crippen LogP contribution in [-0.4, -0.2) is 50.0 Å². The highest BCUT2D eigenvalue weighted by molar-refractivity contribution is 4.85. The molecule has 0 aromatic carbocycles.